The van der Waals surface area contributed by atoms with Gasteiger partial charge in [0.25, 0.3) is 0 Å². The first kappa shape index (κ1) is 22.8. The van der Waals surface area contributed by atoms with E-state index in [1.54, 1.807) is 5.57 Å². The van der Waals surface area contributed by atoms with E-state index >= 15 is 0 Å². The zero-order chi connectivity index (χ0) is 22.5. The normalized spacial score (nSPS) is 40.7. The summed E-state index contributed by atoms with van der Waals surface area (Å²) in [7, 11) is 0. The van der Waals surface area contributed by atoms with Gasteiger partial charge in [-0.25, -0.2) is 0 Å². The summed E-state index contributed by atoms with van der Waals surface area (Å²) >= 11 is 0. The average Bonchev–Trinajstić information content (AvgIpc) is 3.17. The number of hydrogen-bond acceptors (Lipinski definition) is 4. The summed E-state index contributed by atoms with van der Waals surface area (Å²) in [5, 5.41) is 9.19. The predicted molar refractivity (Wildman–Crippen MR) is 126 cm³/mol. The van der Waals surface area contributed by atoms with Gasteiger partial charge in [0.15, 0.2) is 0 Å². The zero-order valence-corrected chi connectivity index (χ0v) is 20.3. The number of aliphatic hydroxyl groups excluding tert-OH is 1. The number of carbonyl (C=O) groups is 2. The summed E-state index contributed by atoms with van der Waals surface area (Å²) in [5.74, 6) is 2.32. The van der Waals surface area contributed by atoms with Crippen LogP contribution in [0.15, 0.2) is 11.1 Å². The van der Waals surface area contributed by atoms with Crippen molar-refractivity contribution in [1.82, 2.24) is 4.90 Å². The highest BCUT2D eigenvalue weighted by Crippen LogP contribution is 2.63. The molecule has 4 fully saturated rings. The Kier molecular flexibility index (Phi) is 6.16. The minimum atomic E-state index is -0.0196. The summed E-state index contributed by atoms with van der Waals surface area (Å²) in [6.45, 7) is 7.65. The number of hydrogen-bond donors (Lipinski definition) is 1. The standard InChI is InChI=1S/C28H43NO3/c1-27-11-3-4-22(27)21-16-25(31)24-6-5-20(17-28(24,2)23(21)7-12-27)26(32)18-29-13-8-19(9-14-29)10-15-30/h19-20,23-24,30H,3-18H2,1-2H3. The second-order valence-corrected chi connectivity index (χ2v) is 12.4. The molecule has 1 aliphatic heterocycles. The number of aliphatic hydroxyl groups is 1. The number of piperidine rings is 1. The van der Waals surface area contributed by atoms with Crippen molar-refractivity contribution in [1.29, 1.82) is 0 Å². The molecular weight excluding hydrogens is 398 g/mol. The minimum Gasteiger partial charge on any atom is -0.396 e. The predicted octanol–water partition coefficient (Wildman–Crippen LogP) is 4.94. The first-order valence-electron chi connectivity index (χ1n) is 13.4. The Hall–Kier alpha value is -1.00. The van der Waals surface area contributed by atoms with Gasteiger partial charge in [-0.3, -0.25) is 14.5 Å². The molecule has 5 atom stereocenters. The molecule has 5 aliphatic rings. The summed E-state index contributed by atoms with van der Waals surface area (Å²) in [4.78, 5) is 29.0. The summed E-state index contributed by atoms with van der Waals surface area (Å²) in [6, 6.07) is 0. The second kappa shape index (κ2) is 8.65. The van der Waals surface area contributed by atoms with Gasteiger partial charge in [0, 0.05) is 24.9 Å². The zero-order valence-electron chi connectivity index (χ0n) is 20.3. The van der Waals surface area contributed by atoms with Crippen LogP contribution in [0.2, 0.25) is 0 Å². The Bertz CT molecular complexity index is 794. The van der Waals surface area contributed by atoms with Gasteiger partial charge < -0.3 is 5.11 Å². The molecule has 32 heavy (non-hydrogen) atoms. The van der Waals surface area contributed by atoms with Crippen LogP contribution in [0, 0.1) is 34.5 Å². The number of allylic oxidation sites excluding steroid dienone is 2. The van der Waals surface area contributed by atoms with E-state index < -0.39 is 0 Å². The van der Waals surface area contributed by atoms with Crippen LogP contribution < -0.4 is 0 Å². The SMILES string of the molecule is CC12CCCC1=C1CC(=O)C3CCC(C(=O)CN4CCC(CCO)CC4)CC3(C)C1CC2. The highest BCUT2D eigenvalue weighted by atomic mass is 16.3. The molecule has 0 spiro atoms. The number of rotatable bonds is 5. The maximum Gasteiger partial charge on any atom is 0.149 e. The molecule has 4 heteroatoms. The third kappa shape index (κ3) is 3.83. The molecule has 1 heterocycles. The van der Waals surface area contributed by atoms with Gasteiger partial charge in [-0.05, 0) is 106 Å². The summed E-state index contributed by atoms with van der Waals surface area (Å²) in [5.41, 5.74) is 3.48. The van der Waals surface area contributed by atoms with Crippen LogP contribution in [0.25, 0.3) is 0 Å². The molecule has 5 rings (SSSR count). The molecule has 4 aliphatic carbocycles. The van der Waals surface area contributed by atoms with Gasteiger partial charge in [-0.2, -0.15) is 0 Å². The van der Waals surface area contributed by atoms with Crippen LogP contribution in [0.3, 0.4) is 0 Å². The maximum absolute atomic E-state index is 13.4. The van der Waals surface area contributed by atoms with Crippen molar-refractivity contribution in [3.05, 3.63) is 11.1 Å². The number of Topliss-reactive ketones (excluding diaryl/α,β-unsaturated/α-hetero) is 2. The van der Waals surface area contributed by atoms with E-state index in [0.29, 0.717) is 41.8 Å². The third-order valence-corrected chi connectivity index (χ3v) is 10.6. The molecule has 178 valence electrons. The van der Waals surface area contributed by atoms with E-state index in [-0.39, 0.29) is 23.9 Å². The number of nitrogens with zero attached hydrogens (tertiary/aromatic N) is 1. The lowest BCUT2D eigenvalue weighted by Crippen LogP contribution is -2.52. The molecule has 0 aromatic heterocycles. The van der Waals surface area contributed by atoms with Crippen molar-refractivity contribution in [2.75, 3.05) is 26.2 Å². The van der Waals surface area contributed by atoms with E-state index in [4.69, 9.17) is 0 Å². The average molecular weight is 442 g/mol. The molecule has 0 aromatic rings. The van der Waals surface area contributed by atoms with Crippen LogP contribution in [0.5, 0.6) is 0 Å². The van der Waals surface area contributed by atoms with Crippen LogP contribution in [-0.2, 0) is 9.59 Å². The minimum absolute atomic E-state index is 0.0196. The van der Waals surface area contributed by atoms with Gasteiger partial charge >= 0.3 is 0 Å². The van der Waals surface area contributed by atoms with Crippen molar-refractivity contribution < 1.29 is 14.7 Å². The third-order valence-electron chi connectivity index (χ3n) is 10.6. The quantitative estimate of drug-likeness (QED) is 0.614. The Morgan fingerprint density at radius 2 is 1.84 bits per heavy atom. The molecule has 0 aromatic carbocycles. The second-order valence-electron chi connectivity index (χ2n) is 12.4. The smallest absolute Gasteiger partial charge is 0.149 e. The van der Waals surface area contributed by atoms with E-state index in [1.165, 1.54) is 37.7 Å². The lowest BCUT2D eigenvalue weighted by Gasteiger charge is -2.55. The summed E-state index contributed by atoms with van der Waals surface area (Å²) in [6.07, 6.45) is 12.8. The van der Waals surface area contributed by atoms with Crippen molar-refractivity contribution >= 4 is 11.6 Å². The first-order chi connectivity index (χ1) is 15.3. The van der Waals surface area contributed by atoms with Gasteiger partial charge in [0.05, 0.1) is 6.54 Å². The van der Waals surface area contributed by atoms with E-state index in [0.717, 1.165) is 51.6 Å². The lowest BCUT2D eigenvalue weighted by atomic mass is 9.48. The molecular formula is C28H43NO3. The van der Waals surface area contributed by atoms with Crippen LogP contribution in [0.1, 0.15) is 90.9 Å². The van der Waals surface area contributed by atoms with Crippen molar-refractivity contribution in [3.63, 3.8) is 0 Å². The lowest BCUT2D eigenvalue weighted by molar-refractivity contribution is -0.140. The fourth-order valence-electron chi connectivity index (χ4n) is 8.67. The molecule has 0 amide bonds. The van der Waals surface area contributed by atoms with Gasteiger partial charge in [-0.15, -0.1) is 0 Å². The van der Waals surface area contributed by atoms with E-state index in [2.05, 4.69) is 18.7 Å². The van der Waals surface area contributed by atoms with Crippen LogP contribution in [0.4, 0.5) is 0 Å². The summed E-state index contributed by atoms with van der Waals surface area (Å²) < 4.78 is 0. The Labute approximate surface area is 194 Å². The fraction of sp³-hybridized carbons (Fsp3) is 0.857. The molecule has 5 unspecified atom stereocenters. The van der Waals surface area contributed by atoms with Gasteiger partial charge in [0.1, 0.15) is 11.6 Å². The topological polar surface area (TPSA) is 57.6 Å². The number of likely N-dealkylation sites (tertiary alicyclic amines) is 1. The fourth-order valence-corrected chi connectivity index (χ4v) is 8.67. The molecule has 1 saturated heterocycles. The molecule has 0 bridgehead atoms. The number of fused-ring (bicyclic) bond motifs is 4. The van der Waals surface area contributed by atoms with E-state index in [1.807, 2.05) is 0 Å². The van der Waals surface area contributed by atoms with Crippen LogP contribution in [-0.4, -0.2) is 47.8 Å². The molecule has 4 nitrogen and oxygen atoms in total. The maximum atomic E-state index is 13.4. The first-order valence-corrected chi connectivity index (χ1v) is 13.4. The number of ketones is 2. The monoisotopic (exact) mass is 441 g/mol. The van der Waals surface area contributed by atoms with Crippen LogP contribution >= 0.6 is 0 Å². The molecule has 1 N–H and O–H groups in total. The largest absolute Gasteiger partial charge is 0.396 e. The van der Waals surface area contributed by atoms with Gasteiger partial charge in [-0.1, -0.05) is 25.0 Å². The Morgan fingerprint density at radius 3 is 2.59 bits per heavy atom. The van der Waals surface area contributed by atoms with E-state index in [9.17, 15) is 14.7 Å². The highest BCUT2D eigenvalue weighted by Gasteiger charge is 2.56. The number of carbonyl (C=O) groups excluding carboxylic acids is 2. The van der Waals surface area contributed by atoms with Gasteiger partial charge in [0.2, 0.25) is 0 Å². The molecule has 3 saturated carbocycles. The highest BCUT2D eigenvalue weighted by molar-refractivity contribution is 5.88. The Balaban J connectivity index is 1.29. The van der Waals surface area contributed by atoms with Crippen molar-refractivity contribution in [2.24, 2.45) is 34.5 Å². The Morgan fingerprint density at radius 1 is 1.06 bits per heavy atom. The van der Waals surface area contributed by atoms with Crippen molar-refractivity contribution in [2.45, 2.75) is 90.9 Å². The van der Waals surface area contributed by atoms with Crippen molar-refractivity contribution in [3.8, 4) is 0 Å². The molecule has 0 radical (unpaired) electrons.